The second kappa shape index (κ2) is 13.6. The molecule has 14 nitrogen and oxygen atoms in total. The molecule has 3 aromatic carbocycles. The molecule has 2 heterocycles. The number of aryl methyl sites for hydroxylation is 2. The predicted molar refractivity (Wildman–Crippen MR) is 170 cm³/mol. The van der Waals surface area contributed by atoms with Crippen LogP contribution in [-0.4, -0.2) is 44.6 Å². The van der Waals surface area contributed by atoms with E-state index in [0.29, 0.717) is 46.2 Å². The fourth-order valence-electron chi connectivity index (χ4n) is 4.47. The van der Waals surface area contributed by atoms with Crippen LogP contribution in [0.25, 0.3) is 10.8 Å². The van der Waals surface area contributed by atoms with Crippen molar-refractivity contribution in [3.63, 3.8) is 0 Å². The maximum Gasteiger partial charge on any atom is 0.320 e. The number of nitrogens with one attached hydrogen (secondary N) is 3. The average Bonchev–Trinajstić information content (AvgIpc) is 3.44. The van der Waals surface area contributed by atoms with Crippen LogP contribution in [0.3, 0.4) is 0 Å². The monoisotopic (exact) mass is 628 g/mol. The lowest BCUT2D eigenvalue weighted by atomic mass is 9.99. The number of carbonyl (C=O) groups excluding carboxylic acids is 1. The molecule has 5 rings (SSSR count). The van der Waals surface area contributed by atoms with Crippen LogP contribution in [0.1, 0.15) is 23.6 Å². The van der Waals surface area contributed by atoms with E-state index in [1.54, 1.807) is 29.6 Å². The molecule has 5 N–H and O–H groups in total. The van der Waals surface area contributed by atoms with Crippen LogP contribution in [-0.2, 0) is 16.1 Å². The van der Waals surface area contributed by atoms with E-state index in [-0.39, 0.29) is 35.7 Å². The van der Waals surface area contributed by atoms with E-state index in [2.05, 4.69) is 35.8 Å². The predicted octanol–water partition coefficient (Wildman–Crippen LogP) is 7.07. The molecule has 0 bridgehead atoms. The van der Waals surface area contributed by atoms with Crippen LogP contribution >= 0.6 is 11.3 Å². The van der Waals surface area contributed by atoms with Crippen LogP contribution in [0, 0.1) is 19.3 Å². The number of hydrogen-bond donors (Lipinski definition) is 5. The van der Waals surface area contributed by atoms with Crippen molar-refractivity contribution in [2.24, 2.45) is 10.2 Å². The highest BCUT2D eigenvalue weighted by Crippen LogP contribution is 2.44. The number of azo groups is 1. The number of aromatic nitrogens is 3. The number of phenolic OH excluding ortho intramolecular Hbond substituents is 1. The standard InChI is InChI=1S/C30H28N8O6S/c1-4-43-22-8-6-18(13-42-14-31)12-21(22)37-38-25-17(3)11-19-16(2)5-7-20(24(19)26(25)40)32-28-34-29(36-30(41)35-28)33-27-23(44-15-39)9-10-45-27/h5-12,14-15,31,40H,4,13H2,1-3H3,(H3,32,33,34,35,36,41). The largest absolute Gasteiger partial charge is 0.505 e. The second-order valence-electron chi connectivity index (χ2n) is 9.47. The number of thiophene rings is 1. The van der Waals surface area contributed by atoms with Gasteiger partial charge in [-0.3, -0.25) is 10.2 Å². The minimum atomic E-state index is -0.561. The molecule has 0 saturated carbocycles. The maximum atomic E-state index is 11.6. The van der Waals surface area contributed by atoms with Gasteiger partial charge in [0.05, 0.1) is 12.3 Å². The number of benzene rings is 3. The SMILES string of the molecule is CCOc1ccc(COC=N)cc1N=Nc1c(C)cc2c(C)ccc(Nc3nc(O)nc(Nc4sccc4OC=O)n3)c2c1O. The molecule has 45 heavy (non-hydrogen) atoms. The Morgan fingerprint density at radius 3 is 2.53 bits per heavy atom. The molecule has 0 fully saturated rings. The summed E-state index contributed by atoms with van der Waals surface area (Å²) in [5.74, 6) is 0.621. The summed E-state index contributed by atoms with van der Waals surface area (Å²) in [7, 11) is 0. The minimum Gasteiger partial charge on any atom is -0.505 e. The highest BCUT2D eigenvalue weighted by atomic mass is 32.1. The van der Waals surface area contributed by atoms with E-state index in [9.17, 15) is 15.0 Å². The smallest absolute Gasteiger partial charge is 0.320 e. The molecular weight excluding hydrogens is 600 g/mol. The highest BCUT2D eigenvalue weighted by molar-refractivity contribution is 7.14. The third-order valence-corrected chi connectivity index (χ3v) is 7.28. The van der Waals surface area contributed by atoms with Gasteiger partial charge in [-0.25, -0.2) is 0 Å². The number of rotatable bonds is 13. The first-order valence-electron chi connectivity index (χ1n) is 13.5. The molecule has 5 aromatic rings. The molecule has 0 unspecified atom stereocenters. The zero-order valence-corrected chi connectivity index (χ0v) is 25.2. The molecule has 0 amide bonds. The van der Waals surface area contributed by atoms with Crippen LogP contribution in [0.5, 0.6) is 23.3 Å². The van der Waals surface area contributed by atoms with Crippen molar-refractivity contribution in [2.45, 2.75) is 27.4 Å². The first kappa shape index (κ1) is 30.6. The number of ether oxygens (including phenoxy) is 3. The lowest BCUT2D eigenvalue weighted by Crippen LogP contribution is -2.04. The lowest BCUT2D eigenvalue weighted by molar-refractivity contribution is -0.120. The van der Waals surface area contributed by atoms with Crippen molar-refractivity contribution in [2.75, 3.05) is 17.2 Å². The fraction of sp³-hybridized carbons (Fsp3) is 0.167. The van der Waals surface area contributed by atoms with Gasteiger partial charge in [-0.1, -0.05) is 12.1 Å². The zero-order valence-electron chi connectivity index (χ0n) is 24.4. The van der Waals surface area contributed by atoms with Crippen molar-refractivity contribution in [1.82, 2.24) is 15.0 Å². The van der Waals surface area contributed by atoms with Crippen molar-refractivity contribution in [3.8, 4) is 23.3 Å². The molecule has 2 aromatic heterocycles. The van der Waals surface area contributed by atoms with Crippen LogP contribution in [0.2, 0.25) is 0 Å². The van der Waals surface area contributed by atoms with E-state index in [0.717, 1.165) is 22.9 Å². The van der Waals surface area contributed by atoms with Crippen LogP contribution in [0.15, 0.2) is 58.1 Å². The third kappa shape index (κ3) is 6.88. The summed E-state index contributed by atoms with van der Waals surface area (Å²) in [5, 5.41) is 47.1. The number of aromatic hydroxyl groups is 2. The summed E-state index contributed by atoms with van der Waals surface area (Å²) in [5.41, 5.74) is 3.44. The Morgan fingerprint density at radius 1 is 0.978 bits per heavy atom. The fourth-order valence-corrected chi connectivity index (χ4v) is 5.18. The summed E-state index contributed by atoms with van der Waals surface area (Å²) in [6.45, 7) is 6.49. The van der Waals surface area contributed by atoms with Gasteiger partial charge in [-0.2, -0.15) is 15.0 Å². The summed E-state index contributed by atoms with van der Waals surface area (Å²) in [6.07, 6.45) is 0.863. The number of nitrogens with zero attached hydrogens (tertiary/aromatic N) is 5. The van der Waals surface area contributed by atoms with E-state index in [4.69, 9.17) is 19.6 Å². The molecule has 0 radical (unpaired) electrons. The first-order valence-corrected chi connectivity index (χ1v) is 14.4. The van der Waals surface area contributed by atoms with E-state index < -0.39 is 6.01 Å². The Hall–Kier alpha value is -5.83. The summed E-state index contributed by atoms with van der Waals surface area (Å²) in [6, 6.07) is 11.9. The van der Waals surface area contributed by atoms with Gasteiger partial charge in [0, 0.05) is 5.39 Å². The normalized spacial score (nSPS) is 11.0. The van der Waals surface area contributed by atoms with Gasteiger partial charge >= 0.3 is 6.01 Å². The highest BCUT2D eigenvalue weighted by Gasteiger charge is 2.18. The van der Waals surface area contributed by atoms with Gasteiger partial charge in [0.15, 0.2) is 17.9 Å². The van der Waals surface area contributed by atoms with Crippen molar-refractivity contribution in [3.05, 3.63) is 64.5 Å². The third-order valence-electron chi connectivity index (χ3n) is 6.47. The summed E-state index contributed by atoms with van der Waals surface area (Å²) < 4.78 is 15.7. The summed E-state index contributed by atoms with van der Waals surface area (Å²) >= 11 is 1.25. The van der Waals surface area contributed by atoms with Crippen molar-refractivity contribution in [1.29, 1.82) is 5.41 Å². The minimum absolute atomic E-state index is 0.00693. The van der Waals surface area contributed by atoms with Crippen LogP contribution < -0.4 is 20.1 Å². The quantitative estimate of drug-likeness (QED) is 0.0387. The number of fused-ring (bicyclic) bond motifs is 1. The van der Waals surface area contributed by atoms with Gasteiger partial charge in [-0.15, -0.1) is 21.6 Å². The van der Waals surface area contributed by atoms with E-state index in [1.807, 2.05) is 39.0 Å². The Bertz CT molecular complexity index is 1910. The molecule has 0 aliphatic heterocycles. The Balaban J connectivity index is 1.53. The van der Waals surface area contributed by atoms with Gasteiger partial charge in [0.1, 0.15) is 28.7 Å². The van der Waals surface area contributed by atoms with Crippen molar-refractivity contribution >= 4 is 68.9 Å². The van der Waals surface area contributed by atoms with E-state index >= 15 is 0 Å². The second-order valence-corrected chi connectivity index (χ2v) is 10.4. The van der Waals surface area contributed by atoms with Gasteiger partial charge < -0.3 is 35.1 Å². The molecule has 15 heteroatoms. The molecule has 0 aliphatic carbocycles. The maximum absolute atomic E-state index is 11.6. The molecule has 230 valence electrons. The topological polar surface area (TPSA) is 197 Å². The molecule has 0 spiro atoms. The Labute approximate surface area is 260 Å². The molecule has 0 atom stereocenters. The van der Waals surface area contributed by atoms with Gasteiger partial charge in [-0.05, 0) is 78.6 Å². The van der Waals surface area contributed by atoms with E-state index in [1.165, 1.54) is 11.3 Å². The number of hydrogen-bond acceptors (Lipinski definition) is 15. The summed E-state index contributed by atoms with van der Waals surface area (Å²) in [4.78, 5) is 23.0. The number of carbonyl (C=O) groups is 1. The molecule has 0 saturated heterocycles. The Morgan fingerprint density at radius 2 is 1.78 bits per heavy atom. The first-order chi connectivity index (χ1) is 21.8. The number of phenols is 1. The van der Waals surface area contributed by atoms with Crippen LogP contribution in [0.4, 0.5) is 34.0 Å². The van der Waals surface area contributed by atoms with Gasteiger partial charge in [0.2, 0.25) is 11.9 Å². The zero-order chi connectivity index (χ0) is 31.9. The van der Waals surface area contributed by atoms with Gasteiger partial charge in [0.25, 0.3) is 6.47 Å². The molecular formula is C30H28N8O6S. The van der Waals surface area contributed by atoms with Crippen molar-refractivity contribution < 1.29 is 29.2 Å². The lowest BCUT2D eigenvalue weighted by Gasteiger charge is -2.15. The average molecular weight is 629 g/mol. The number of anilines is 4. The Kier molecular flexibility index (Phi) is 9.28. The molecule has 0 aliphatic rings.